The molecule has 0 radical (unpaired) electrons. The van der Waals surface area contributed by atoms with Crippen molar-refractivity contribution >= 4 is 40.0 Å². The Bertz CT molecular complexity index is 2540. The van der Waals surface area contributed by atoms with Crippen molar-refractivity contribution in [2.24, 2.45) is 0 Å². The van der Waals surface area contributed by atoms with Crippen molar-refractivity contribution in [1.29, 1.82) is 0 Å². The van der Waals surface area contributed by atoms with Gasteiger partial charge in [-0.2, -0.15) is 0 Å². The van der Waals surface area contributed by atoms with Gasteiger partial charge in [0.2, 0.25) is 11.6 Å². The van der Waals surface area contributed by atoms with Crippen LogP contribution in [0.5, 0.6) is 0 Å². The zero-order valence-electron chi connectivity index (χ0n) is 25.7. The van der Waals surface area contributed by atoms with Gasteiger partial charge in [0.15, 0.2) is 5.82 Å². The van der Waals surface area contributed by atoms with Gasteiger partial charge in [-0.3, -0.25) is 0 Å². The van der Waals surface area contributed by atoms with Gasteiger partial charge in [-0.05, 0) is 57.8 Å². The maximum atomic E-state index is 5.90. The van der Waals surface area contributed by atoms with E-state index in [1.54, 1.807) is 6.20 Å². The van der Waals surface area contributed by atoms with Gasteiger partial charge in [0.1, 0.15) is 5.52 Å². The Hall–Kier alpha value is -6.75. The fourth-order valence-electron chi connectivity index (χ4n) is 6.12. The molecule has 3 aromatic heterocycles. The first-order valence-corrected chi connectivity index (χ1v) is 15.7. The second-order valence-electron chi connectivity index (χ2n) is 11.6. The van der Waals surface area contributed by atoms with Crippen LogP contribution in [0.25, 0.3) is 84.1 Å². The first kappa shape index (κ1) is 27.6. The molecule has 0 fully saturated rings. The molecule has 4 heterocycles. The van der Waals surface area contributed by atoms with Gasteiger partial charge in [0.05, 0.1) is 17.0 Å². The van der Waals surface area contributed by atoms with Crippen molar-refractivity contribution in [3.8, 4) is 56.5 Å². The Kier molecular flexibility index (Phi) is 6.63. The number of benzene rings is 5. The molecule has 0 spiro atoms. The Labute approximate surface area is 276 Å². The SMILES string of the molecule is C1=[N+]=CC(c2ccc(-c3cc(-c4ccc(-c5nc6cccnc6o5)cc4)nc(-c4ccc(-c5cccc6ccccc56)cc4)n3)cc2)=C1. The molecule has 8 aromatic rings. The summed E-state index contributed by atoms with van der Waals surface area (Å²) in [5.74, 6) is 1.19. The molecule has 0 bridgehead atoms. The number of hydrogen-bond donors (Lipinski definition) is 0. The molecule has 0 saturated heterocycles. The molecule has 48 heavy (non-hydrogen) atoms. The van der Waals surface area contributed by atoms with Gasteiger partial charge in [0.25, 0.3) is 12.4 Å². The zero-order valence-corrected chi connectivity index (χ0v) is 25.7. The standard InChI is InChI=1S/C42H26N5O/c1-2-7-35-28(5-1)6-3-8-36(35)29-12-18-32(19-13-29)40-45-38(30-14-10-27(11-15-30)34-22-24-43-26-34)25-39(46-40)31-16-20-33(21-17-31)41-47-37-9-4-23-44-42(37)48-41/h1-26H/q+1. The third kappa shape index (κ3) is 5.09. The predicted octanol–water partition coefficient (Wildman–Crippen LogP) is 9.11. The Balaban J connectivity index is 1.11. The monoisotopic (exact) mass is 616 g/mol. The smallest absolute Gasteiger partial charge is 0.300 e. The third-order valence-corrected chi connectivity index (χ3v) is 8.63. The van der Waals surface area contributed by atoms with E-state index in [4.69, 9.17) is 14.4 Å². The van der Waals surface area contributed by atoms with E-state index in [0.29, 0.717) is 17.4 Å². The van der Waals surface area contributed by atoms with Gasteiger partial charge in [0, 0.05) is 34.5 Å². The molecule has 1 aliphatic rings. The zero-order chi connectivity index (χ0) is 31.9. The molecule has 6 nitrogen and oxygen atoms in total. The Morgan fingerprint density at radius 3 is 1.94 bits per heavy atom. The second kappa shape index (κ2) is 11.6. The molecule has 9 rings (SSSR count). The van der Waals surface area contributed by atoms with E-state index < -0.39 is 0 Å². The molecule has 0 N–H and O–H groups in total. The molecule has 5 aromatic carbocycles. The second-order valence-corrected chi connectivity index (χ2v) is 11.6. The van der Waals surface area contributed by atoms with Gasteiger partial charge in [-0.25, -0.2) is 19.9 Å². The van der Waals surface area contributed by atoms with Crippen molar-refractivity contribution in [2.45, 2.75) is 0 Å². The highest BCUT2D eigenvalue weighted by atomic mass is 16.4. The lowest BCUT2D eigenvalue weighted by molar-refractivity contribution is 0.608. The van der Waals surface area contributed by atoms with E-state index in [0.717, 1.165) is 55.9 Å². The van der Waals surface area contributed by atoms with Gasteiger partial charge in [-0.15, -0.1) is 4.67 Å². The lowest BCUT2D eigenvalue weighted by Gasteiger charge is -2.11. The van der Waals surface area contributed by atoms with Crippen LogP contribution in [0.2, 0.25) is 0 Å². The highest BCUT2D eigenvalue weighted by Crippen LogP contribution is 2.33. The summed E-state index contributed by atoms with van der Waals surface area (Å²) in [4.78, 5) is 19.0. The fourth-order valence-corrected chi connectivity index (χ4v) is 6.12. The topological polar surface area (TPSA) is 78.8 Å². The predicted molar refractivity (Wildman–Crippen MR) is 194 cm³/mol. The van der Waals surface area contributed by atoms with Crippen LogP contribution >= 0.6 is 0 Å². The van der Waals surface area contributed by atoms with Crippen molar-refractivity contribution < 1.29 is 4.42 Å². The van der Waals surface area contributed by atoms with Crippen molar-refractivity contribution in [3.05, 3.63) is 151 Å². The summed E-state index contributed by atoms with van der Waals surface area (Å²) in [5, 5.41) is 2.45. The van der Waals surface area contributed by atoms with Crippen LogP contribution in [0.4, 0.5) is 0 Å². The number of aromatic nitrogens is 4. The number of pyridine rings is 1. The van der Waals surface area contributed by atoms with Crippen LogP contribution in [0, 0.1) is 0 Å². The van der Waals surface area contributed by atoms with Crippen LogP contribution < -0.4 is 4.67 Å². The molecule has 0 unspecified atom stereocenters. The van der Waals surface area contributed by atoms with Crippen LogP contribution in [0.3, 0.4) is 0 Å². The minimum absolute atomic E-state index is 0.522. The molecule has 0 aliphatic carbocycles. The number of fused-ring (bicyclic) bond motifs is 2. The largest absolute Gasteiger partial charge is 0.418 e. The molecule has 0 amide bonds. The number of oxazole rings is 1. The molecule has 0 saturated carbocycles. The summed E-state index contributed by atoms with van der Waals surface area (Å²) in [7, 11) is 0. The first-order chi connectivity index (χ1) is 23.7. The maximum Gasteiger partial charge on any atom is 0.300 e. The summed E-state index contributed by atoms with van der Waals surface area (Å²) >= 11 is 0. The van der Waals surface area contributed by atoms with Gasteiger partial charge in [-0.1, -0.05) is 103 Å². The summed E-state index contributed by atoms with van der Waals surface area (Å²) in [6.07, 6.45) is 7.40. The van der Waals surface area contributed by atoms with Crippen LogP contribution in [-0.2, 0) is 0 Å². The minimum atomic E-state index is 0.522. The van der Waals surface area contributed by atoms with Gasteiger partial charge < -0.3 is 4.42 Å². The summed E-state index contributed by atoms with van der Waals surface area (Å²) in [6.45, 7) is 0. The average molecular weight is 617 g/mol. The van der Waals surface area contributed by atoms with Crippen LogP contribution in [0.1, 0.15) is 5.56 Å². The normalized spacial score (nSPS) is 12.2. The molecular formula is C42H26N5O+. The maximum absolute atomic E-state index is 5.90. The van der Waals surface area contributed by atoms with E-state index in [1.807, 2.05) is 61.0 Å². The number of rotatable bonds is 6. The third-order valence-electron chi connectivity index (χ3n) is 8.63. The lowest BCUT2D eigenvalue weighted by atomic mass is 9.97. The number of hydrogen-bond acceptors (Lipinski definition) is 5. The molecule has 0 atom stereocenters. The van der Waals surface area contributed by atoms with Crippen molar-refractivity contribution in [1.82, 2.24) is 24.6 Å². The minimum Gasteiger partial charge on any atom is -0.418 e. The van der Waals surface area contributed by atoms with Crippen LogP contribution in [-0.4, -0.2) is 32.4 Å². The highest BCUT2D eigenvalue weighted by molar-refractivity contribution is 6.17. The molecular weight excluding hydrogens is 590 g/mol. The number of nitrogens with zero attached hydrogens (tertiary/aromatic N) is 5. The Morgan fingerprint density at radius 1 is 0.542 bits per heavy atom. The summed E-state index contributed by atoms with van der Waals surface area (Å²) in [6, 6.07) is 45.7. The quantitative estimate of drug-likeness (QED) is 0.174. The summed E-state index contributed by atoms with van der Waals surface area (Å²) in [5.41, 5.74) is 11.2. The first-order valence-electron chi connectivity index (χ1n) is 15.7. The van der Waals surface area contributed by atoms with Gasteiger partial charge >= 0.3 is 0 Å². The average Bonchev–Trinajstić information content (AvgIpc) is 3.86. The number of allylic oxidation sites excluding steroid dienone is 2. The van der Waals surface area contributed by atoms with E-state index >= 15 is 0 Å². The fraction of sp³-hybridized carbons (Fsp3) is 0. The lowest BCUT2D eigenvalue weighted by Crippen LogP contribution is -1.96. The van der Waals surface area contributed by atoms with E-state index in [1.165, 1.54) is 16.3 Å². The van der Waals surface area contributed by atoms with E-state index in [-0.39, 0.29) is 0 Å². The summed E-state index contributed by atoms with van der Waals surface area (Å²) < 4.78 is 10.1. The Morgan fingerprint density at radius 2 is 1.21 bits per heavy atom. The van der Waals surface area contributed by atoms with E-state index in [9.17, 15) is 0 Å². The molecule has 1 aliphatic heterocycles. The van der Waals surface area contributed by atoms with E-state index in [2.05, 4.69) is 106 Å². The van der Waals surface area contributed by atoms with Crippen molar-refractivity contribution in [2.75, 3.05) is 0 Å². The van der Waals surface area contributed by atoms with Crippen LogP contribution in [0.15, 0.2) is 150 Å². The molecule has 6 heteroatoms. The van der Waals surface area contributed by atoms with Crippen molar-refractivity contribution in [3.63, 3.8) is 0 Å². The molecule has 224 valence electrons. The highest BCUT2D eigenvalue weighted by Gasteiger charge is 2.15.